The summed E-state index contributed by atoms with van der Waals surface area (Å²) in [5.41, 5.74) is 0. The van der Waals surface area contributed by atoms with Crippen molar-refractivity contribution >= 4 is 0 Å². The second-order valence-electron chi connectivity index (χ2n) is 3.19. The van der Waals surface area contributed by atoms with Crippen LogP contribution in [0.25, 0.3) is 0 Å². The Balaban J connectivity index is 2.24. The lowest BCUT2D eigenvalue weighted by Gasteiger charge is -2.27. The summed E-state index contributed by atoms with van der Waals surface area (Å²) in [6.45, 7) is 3.95. The van der Waals surface area contributed by atoms with Crippen LogP contribution in [0.4, 0.5) is 0 Å². The van der Waals surface area contributed by atoms with Crippen molar-refractivity contribution in [1.29, 1.82) is 0 Å². The van der Waals surface area contributed by atoms with E-state index in [1.54, 1.807) is 7.11 Å². The fraction of sp³-hybridized carbons (Fsp3) is 1.00. The molecule has 1 aliphatic heterocycles. The van der Waals surface area contributed by atoms with Gasteiger partial charge in [-0.3, -0.25) is 5.32 Å². The zero-order valence-electron chi connectivity index (χ0n) is 8.06. The normalized spacial score (nSPS) is 29.5. The number of nitrogens with one attached hydrogen (secondary N) is 1. The van der Waals surface area contributed by atoms with E-state index in [1.165, 1.54) is 6.42 Å². The van der Waals surface area contributed by atoms with Crippen LogP contribution in [-0.4, -0.2) is 26.2 Å². The van der Waals surface area contributed by atoms with Crippen molar-refractivity contribution in [2.45, 2.75) is 38.5 Å². The first kappa shape index (κ1) is 9.96. The predicted molar refractivity (Wildman–Crippen MR) is 47.8 cm³/mol. The molecular formula is C9H19NO2. The summed E-state index contributed by atoms with van der Waals surface area (Å²) in [5.74, 6) is -0.463. The van der Waals surface area contributed by atoms with Gasteiger partial charge in [-0.2, -0.15) is 0 Å². The van der Waals surface area contributed by atoms with Crippen molar-refractivity contribution in [1.82, 2.24) is 5.32 Å². The van der Waals surface area contributed by atoms with Gasteiger partial charge in [-0.1, -0.05) is 13.3 Å². The Morgan fingerprint density at radius 1 is 1.50 bits per heavy atom. The van der Waals surface area contributed by atoms with Crippen molar-refractivity contribution < 1.29 is 9.47 Å². The van der Waals surface area contributed by atoms with Crippen LogP contribution in [0.2, 0.25) is 0 Å². The fourth-order valence-corrected chi connectivity index (χ4v) is 1.43. The quantitative estimate of drug-likeness (QED) is 0.504. The molecule has 0 spiro atoms. The molecule has 1 heterocycles. The van der Waals surface area contributed by atoms with Gasteiger partial charge in [0, 0.05) is 20.1 Å². The summed E-state index contributed by atoms with van der Waals surface area (Å²) < 4.78 is 11.0. The van der Waals surface area contributed by atoms with E-state index >= 15 is 0 Å². The molecule has 0 aromatic rings. The van der Waals surface area contributed by atoms with Gasteiger partial charge in [-0.25, -0.2) is 0 Å². The average Bonchev–Trinajstić information content (AvgIpc) is 2.55. The molecule has 1 saturated heterocycles. The molecule has 0 aliphatic carbocycles. The molecule has 12 heavy (non-hydrogen) atoms. The Morgan fingerprint density at radius 3 is 2.83 bits per heavy atom. The van der Waals surface area contributed by atoms with Crippen molar-refractivity contribution in [2.75, 3.05) is 20.3 Å². The smallest absolute Gasteiger partial charge is 0.227 e. The predicted octanol–water partition coefficient (Wildman–Crippen LogP) is 1.49. The van der Waals surface area contributed by atoms with Gasteiger partial charge in [0.2, 0.25) is 5.91 Å². The highest BCUT2D eigenvalue weighted by molar-refractivity contribution is 4.74. The fourth-order valence-electron chi connectivity index (χ4n) is 1.43. The minimum absolute atomic E-state index is 0.463. The highest BCUT2D eigenvalue weighted by Gasteiger charge is 2.33. The molecule has 1 rings (SSSR count). The van der Waals surface area contributed by atoms with E-state index in [1.807, 2.05) is 0 Å². The first-order valence-corrected chi connectivity index (χ1v) is 4.77. The number of unbranched alkanes of at least 4 members (excludes halogenated alkanes) is 1. The molecular weight excluding hydrogens is 154 g/mol. The molecule has 0 radical (unpaired) electrons. The Morgan fingerprint density at radius 2 is 2.33 bits per heavy atom. The van der Waals surface area contributed by atoms with Gasteiger partial charge in [-0.05, 0) is 12.8 Å². The summed E-state index contributed by atoms with van der Waals surface area (Å²) in [6, 6.07) is 0. The molecule has 0 amide bonds. The number of methoxy groups -OCH3 is 1. The van der Waals surface area contributed by atoms with Crippen molar-refractivity contribution in [3.8, 4) is 0 Å². The van der Waals surface area contributed by atoms with Gasteiger partial charge < -0.3 is 9.47 Å². The molecule has 0 bridgehead atoms. The number of rotatable bonds is 5. The monoisotopic (exact) mass is 173 g/mol. The lowest BCUT2D eigenvalue weighted by Crippen LogP contribution is -2.44. The molecule has 3 nitrogen and oxygen atoms in total. The molecule has 3 heteroatoms. The van der Waals surface area contributed by atoms with Gasteiger partial charge in [0.1, 0.15) is 0 Å². The van der Waals surface area contributed by atoms with Crippen LogP contribution in [-0.2, 0) is 9.47 Å². The first-order valence-electron chi connectivity index (χ1n) is 4.77. The summed E-state index contributed by atoms with van der Waals surface area (Å²) in [5, 5.41) is 3.23. The summed E-state index contributed by atoms with van der Waals surface area (Å²) >= 11 is 0. The van der Waals surface area contributed by atoms with Crippen LogP contribution < -0.4 is 5.32 Å². The van der Waals surface area contributed by atoms with E-state index in [4.69, 9.17) is 9.47 Å². The molecule has 1 fully saturated rings. The van der Waals surface area contributed by atoms with Crippen LogP contribution in [0, 0.1) is 0 Å². The van der Waals surface area contributed by atoms with E-state index in [0.717, 1.165) is 32.4 Å². The van der Waals surface area contributed by atoms with Crippen molar-refractivity contribution in [3.63, 3.8) is 0 Å². The molecule has 1 aliphatic rings. The van der Waals surface area contributed by atoms with E-state index in [0.29, 0.717) is 0 Å². The maximum absolute atomic E-state index is 5.65. The van der Waals surface area contributed by atoms with Crippen LogP contribution in [0.3, 0.4) is 0 Å². The topological polar surface area (TPSA) is 30.5 Å². The van der Waals surface area contributed by atoms with Crippen molar-refractivity contribution in [2.24, 2.45) is 0 Å². The van der Waals surface area contributed by atoms with Crippen LogP contribution >= 0.6 is 0 Å². The second-order valence-corrected chi connectivity index (χ2v) is 3.19. The number of ether oxygens (including phenoxy) is 2. The first-order chi connectivity index (χ1) is 5.83. The standard InChI is InChI=1S/C9H19NO2/c1-3-4-8-12-9(11-2)6-5-7-10-9/h10H,3-8H2,1-2H3. The summed E-state index contributed by atoms with van der Waals surface area (Å²) in [6.07, 6.45) is 4.37. The maximum atomic E-state index is 5.65. The Kier molecular flexibility index (Phi) is 3.98. The van der Waals surface area contributed by atoms with Gasteiger partial charge in [0.25, 0.3) is 0 Å². The highest BCUT2D eigenvalue weighted by atomic mass is 16.7. The van der Waals surface area contributed by atoms with Crippen molar-refractivity contribution in [3.05, 3.63) is 0 Å². The maximum Gasteiger partial charge on any atom is 0.227 e. The number of hydrogen-bond donors (Lipinski definition) is 1. The van der Waals surface area contributed by atoms with Crippen LogP contribution in [0.1, 0.15) is 32.6 Å². The summed E-state index contributed by atoms with van der Waals surface area (Å²) in [7, 11) is 1.70. The molecule has 0 aromatic carbocycles. The molecule has 1 atom stereocenters. The third-order valence-corrected chi connectivity index (χ3v) is 2.24. The molecule has 1 N–H and O–H groups in total. The zero-order chi connectivity index (χ0) is 8.86. The third kappa shape index (κ3) is 2.44. The largest absolute Gasteiger partial charge is 0.341 e. The second kappa shape index (κ2) is 4.80. The lowest BCUT2D eigenvalue weighted by molar-refractivity contribution is -0.232. The van der Waals surface area contributed by atoms with E-state index < -0.39 is 5.91 Å². The van der Waals surface area contributed by atoms with E-state index in [2.05, 4.69) is 12.2 Å². The van der Waals surface area contributed by atoms with Crippen LogP contribution in [0.15, 0.2) is 0 Å². The van der Waals surface area contributed by atoms with Gasteiger partial charge in [-0.15, -0.1) is 0 Å². The minimum atomic E-state index is -0.463. The molecule has 1 unspecified atom stereocenters. The molecule has 0 aromatic heterocycles. The highest BCUT2D eigenvalue weighted by Crippen LogP contribution is 2.21. The Hall–Kier alpha value is -0.120. The Bertz CT molecular complexity index is 122. The summed E-state index contributed by atoms with van der Waals surface area (Å²) in [4.78, 5) is 0. The van der Waals surface area contributed by atoms with Gasteiger partial charge >= 0.3 is 0 Å². The average molecular weight is 173 g/mol. The third-order valence-electron chi connectivity index (χ3n) is 2.24. The zero-order valence-corrected chi connectivity index (χ0v) is 8.06. The number of hydrogen-bond acceptors (Lipinski definition) is 3. The van der Waals surface area contributed by atoms with Gasteiger partial charge in [0.05, 0.1) is 6.61 Å². The molecule has 0 saturated carbocycles. The SMILES string of the molecule is CCCCOC1(OC)CCCN1. The lowest BCUT2D eigenvalue weighted by atomic mass is 10.3. The minimum Gasteiger partial charge on any atom is -0.341 e. The van der Waals surface area contributed by atoms with Gasteiger partial charge in [0.15, 0.2) is 0 Å². The van der Waals surface area contributed by atoms with E-state index in [9.17, 15) is 0 Å². The van der Waals surface area contributed by atoms with Crippen LogP contribution in [0.5, 0.6) is 0 Å². The van der Waals surface area contributed by atoms with E-state index in [-0.39, 0.29) is 0 Å². The molecule has 72 valence electrons. The Labute approximate surface area is 74.4 Å².